The molecular formula is C21H19N3. The molecule has 0 amide bonds. The van der Waals surface area contributed by atoms with Crippen molar-refractivity contribution in [3.63, 3.8) is 0 Å². The number of aromatic amines is 1. The predicted octanol–water partition coefficient (Wildman–Crippen LogP) is 4.82. The molecule has 0 saturated carbocycles. The largest absolute Gasteiger partial charge is 0.367 e. The van der Waals surface area contributed by atoms with Gasteiger partial charge in [0.2, 0.25) is 0 Å². The summed E-state index contributed by atoms with van der Waals surface area (Å²) >= 11 is 0. The highest BCUT2D eigenvalue weighted by Gasteiger charge is 2.20. The SMILES string of the molecule is Cc1ccc(C(c2c[nH]cc2-c2ccccc2)n2ccnc2)cc1. The fourth-order valence-electron chi connectivity index (χ4n) is 3.15. The maximum Gasteiger partial charge on any atom is 0.0954 e. The summed E-state index contributed by atoms with van der Waals surface area (Å²) in [6.07, 6.45) is 9.89. The number of aromatic nitrogens is 3. The highest BCUT2D eigenvalue weighted by Crippen LogP contribution is 2.34. The zero-order chi connectivity index (χ0) is 16.4. The Kier molecular flexibility index (Phi) is 3.75. The molecular weight excluding hydrogens is 294 g/mol. The summed E-state index contributed by atoms with van der Waals surface area (Å²) < 4.78 is 2.15. The van der Waals surface area contributed by atoms with E-state index in [1.54, 1.807) is 0 Å². The number of nitrogens with one attached hydrogen (secondary N) is 1. The molecule has 4 rings (SSSR count). The second-order valence-corrected chi connectivity index (χ2v) is 6.01. The lowest BCUT2D eigenvalue weighted by Gasteiger charge is -2.20. The number of imidazole rings is 1. The van der Waals surface area contributed by atoms with E-state index in [0.29, 0.717) is 0 Å². The normalized spacial score (nSPS) is 12.2. The Morgan fingerprint density at radius 1 is 0.958 bits per heavy atom. The van der Waals surface area contributed by atoms with Gasteiger partial charge in [-0.1, -0.05) is 60.2 Å². The van der Waals surface area contributed by atoms with E-state index >= 15 is 0 Å². The quantitative estimate of drug-likeness (QED) is 0.575. The van der Waals surface area contributed by atoms with Gasteiger partial charge in [0.05, 0.1) is 12.4 Å². The van der Waals surface area contributed by atoms with E-state index in [0.717, 1.165) is 0 Å². The number of hydrogen-bond donors (Lipinski definition) is 1. The maximum absolute atomic E-state index is 4.25. The highest BCUT2D eigenvalue weighted by atomic mass is 15.1. The molecule has 2 aromatic carbocycles. The average Bonchev–Trinajstić information content (AvgIpc) is 3.30. The maximum atomic E-state index is 4.25. The van der Waals surface area contributed by atoms with Crippen LogP contribution in [0.2, 0.25) is 0 Å². The van der Waals surface area contributed by atoms with Gasteiger partial charge in [-0.25, -0.2) is 4.98 Å². The summed E-state index contributed by atoms with van der Waals surface area (Å²) in [4.78, 5) is 7.54. The lowest BCUT2D eigenvalue weighted by atomic mass is 9.94. The Balaban J connectivity index is 1.87. The van der Waals surface area contributed by atoms with Crippen molar-refractivity contribution in [3.05, 3.63) is 102 Å². The number of hydrogen-bond acceptors (Lipinski definition) is 1. The lowest BCUT2D eigenvalue weighted by Crippen LogP contribution is -2.11. The second-order valence-electron chi connectivity index (χ2n) is 6.01. The van der Waals surface area contributed by atoms with Crippen molar-refractivity contribution in [1.82, 2.24) is 14.5 Å². The van der Waals surface area contributed by atoms with Gasteiger partial charge in [-0.3, -0.25) is 0 Å². The molecule has 0 aliphatic carbocycles. The summed E-state index contributed by atoms with van der Waals surface area (Å²) in [5, 5.41) is 0. The first kappa shape index (κ1) is 14.5. The fraction of sp³-hybridized carbons (Fsp3) is 0.0952. The minimum atomic E-state index is 0.0922. The Hall–Kier alpha value is -3.07. The minimum Gasteiger partial charge on any atom is -0.367 e. The van der Waals surface area contributed by atoms with Gasteiger partial charge in [0.1, 0.15) is 0 Å². The molecule has 24 heavy (non-hydrogen) atoms. The fourth-order valence-corrected chi connectivity index (χ4v) is 3.15. The standard InChI is InChI=1S/C21H19N3/c1-16-7-9-18(10-8-16)21(24-12-11-22-15-24)20-14-23-13-19(20)17-5-3-2-4-6-17/h2-15,21,23H,1H3. The van der Waals surface area contributed by atoms with Crippen molar-refractivity contribution in [1.29, 1.82) is 0 Å². The van der Waals surface area contributed by atoms with Gasteiger partial charge >= 0.3 is 0 Å². The predicted molar refractivity (Wildman–Crippen MR) is 96.9 cm³/mol. The first-order chi connectivity index (χ1) is 11.8. The molecule has 0 aliphatic heterocycles. The van der Waals surface area contributed by atoms with Crippen LogP contribution in [0.4, 0.5) is 0 Å². The molecule has 1 unspecified atom stereocenters. The molecule has 0 bridgehead atoms. The Bertz CT molecular complexity index is 903. The zero-order valence-electron chi connectivity index (χ0n) is 13.6. The van der Waals surface area contributed by atoms with Crippen molar-refractivity contribution in [2.24, 2.45) is 0 Å². The molecule has 0 saturated heterocycles. The summed E-state index contributed by atoms with van der Waals surface area (Å²) in [6.45, 7) is 2.11. The van der Waals surface area contributed by atoms with Gasteiger partial charge < -0.3 is 9.55 Å². The van der Waals surface area contributed by atoms with E-state index in [1.807, 2.05) is 24.8 Å². The van der Waals surface area contributed by atoms with Crippen molar-refractivity contribution < 1.29 is 0 Å². The van der Waals surface area contributed by atoms with Crippen molar-refractivity contribution in [2.45, 2.75) is 13.0 Å². The Morgan fingerprint density at radius 2 is 1.75 bits per heavy atom. The third-order valence-electron chi connectivity index (χ3n) is 4.37. The van der Waals surface area contributed by atoms with Gasteiger partial charge in [0.15, 0.2) is 0 Å². The number of nitrogens with zero attached hydrogens (tertiary/aromatic N) is 2. The van der Waals surface area contributed by atoms with Gasteiger partial charge in [-0.2, -0.15) is 0 Å². The van der Waals surface area contributed by atoms with E-state index in [9.17, 15) is 0 Å². The minimum absolute atomic E-state index is 0.0922. The van der Waals surface area contributed by atoms with Crippen molar-refractivity contribution >= 4 is 0 Å². The second kappa shape index (κ2) is 6.20. The van der Waals surface area contributed by atoms with E-state index in [4.69, 9.17) is 0 Å². The molecule has 0 radical (unpaired) electrons. The monoisotopic (exact) mass is 313 g/mol. The van der Waals surface area contributed by atoms with Crippen molar-refractivity contribution in [2.75, 3.05) is 0 Å². The van der Waals surface area contributed by atoms with Crippen LogP contribution in [0.15, 0.2) is 85.7 Å². The highest BCUT2D eigenvalue weighted by molar-refractivity contribution is 5.68. The van der Waals surface area contributed by atoms with Gasteiger partial charge in [-0.05, 0) is 18.1 Å². The summed E-state index contributed by atoms with van der Waals surface area (Å²) in [5.74, 6) is 0. The van der Waals surface area contributed by atoms with Gasteiger partial charge in [0, 0.05) is 35.9 Å². The van der Waals surface area contributed by atoms with Crippen LogP contribution < -0.4 is 0 Å². The molecule has 0 spiro atoms. The van der Waals surface area contributed by atoms with Crippen LogP contribution in [0.25, 0.3) is 11.1 Å². The summed E-state index contributed by atoms with van der Waals surface area (Å²) in [7, 11) is 0. The smallest absolute Gasteiger partial charge is 0.0954 e. The van der Waals surface area contributed by atoms with Crippen LogP contribution in [0.3, 0.4) is 0 Å². The van der Waals surface area contributed by atoms with Gasteiger partial charge in [0.25, 0.3) is 0 Å². The van der Waals surface area contributed by atoms with Crippen LogP contribution in [0.1, 0.15) is 22.7 Å². The molecule has 0 fully saturated rings. The first-order valence-electron chi connectivity index (χ1n) is 8.09. The summed E-state index contributed by atoms with van der Waals surface area (Å²) in [5.41, 5.74) is 6.18. The number of benzene rings is 2. The van der Waals surface area contributed by atoms with Crippen LogP contribution in [-0.2, 0) is 0 Å². The average molecular weight is 313 g/mol. The van der Waals surface area contributed by atoms with Gasteiger partial charge in [-0.15, -0.1) is 0 Å². The molecule has 0 aliphatic rings. The van der Waals surface area contributed by atoms with E-state index in [-0.39, 0.29) is 6.04 Å². The molecule has 3 heteroatoms. The lowest BCUT2D eigenvalue weighted by molar-refractivity contribution is 0.678. The van der Waals surface area contributed by atoms with Crippen molar-refractivity contribution in [3.8, 4) is 11.1 Å². The van der Waals surface area contributed by atoms with Crippen LogP contribution in [-0.4, -0.2) is 14.5 Å². The molecule has 1 atom stereocenters. The summed E-state index contributed by atoms with van der Waals surface area (Å²) in [6, 6.07) is 19.3. The third-order valence-corrected chi connectivity index (χ3v) is 4.37. The molecule has 4 aromatic rings. The van der Waals surface area contributed by atoms with E-state index in [1.165, 1.54) is 27.8 Å². The molecule has 2 aromatic heterocycles. The molecule has 3 nitrogen and oxygen atoms in total. The number of rotatable bonds is 4. The molecule has 1 N–H and O–H groups in total. The van der Waals surface area contributed by atoms with Crippen LogP contribution >= 0.6 is 0 Å². The Morgan fingerprint density at radius 3 is 2.46 bits per heavy atom. The first-order valence-corrected chi connectivity index (χ1v) is 8.09. The third kappa shape index (κ3) is 2.65. The zero-order valence-corrected chi connectivity index (χ0v) is 13.6. The number of H-pyrrole nitrogens is 1. The van der Waals surface area contributed by atoms with E-state index < -0.39 is 0 Å². The molecule has 118 valence electrons. The number of aryl methyl sites for hydroxylation is 1. The van der Waals surface area contributed by atoms with E-state index in [2.05, 4.69) is 82.4 Å². The molecule has 2 heterocycles. The van der Waals surface area contributed by atoms with Crippen LogP contribution in [0, 0.1) is 6.92 Å². The van der Waals surface area contributed by atoms with Crippen LogP contribution in [0.5, 0.6) is 0 Å². The Labute approximate surface area is 141 Å². The topological polar surface area (TPSA) is 33.6 Å².